The minimum atomic E-state index is -0.297. The van der Waals surface area contributed by atoms with Crippen LogP contribution in [0.25, 0.3) is 0 Å². The lowest BCUT2D eigenvalue weighted by Crippen LogP contribution is -2.53. The molecule has 0 aromatic carbocycles. The Morgan fingerprint density at radius 2 is 1.97 bits per heavy atom. The van der Waals surface area contributed by atoms with Crippen LogP contribution < -0.4 is 10.5 Å². The molecule has 2 atom stereocenters. The third-order valence-corrected chi connectivity index (χ3v) is 7.54. The maximum absolute atomic E-state index is 12.9. The second-order valence-corrected chi connectivity index (χ2v) is 9.41. The number of hydrogen-bond acceptors (Lipinski definition) is 5. The van der Waals surface area contributed by atoms with Crippen LogP contribution in [0.15, 0.2) is 33.1 Å². The van der Waals surface area contributed by atoms with Crippen LogP contribution in [0.4, 0.5) is 5.82 Å². The standard InChI is InChI=1S/C21H28Cl2N4O2/c1-14-24-18(12-19(29)27(14)17-5-3-4-16(22)20(17)23)25-10-7-21(2,8-11-25)26-9-6-15(28)13-26/h3-4,12,15,17,28H,5-11,13H2,1-2H3/t15-,17-/m0/s1. The molecule has 0 radical (unpaired) electrons. The fourth-order valence-corrected chi connectivity index (χ4v) is 5.22. The molecule has 8 heteroatoms. The van der Waals surface area contributed by atoms with Gasteiger partial charge in [0.25, 0.3) is 5.56 Å². The second kappa shape index (κ2) is 8.06. The van der Waals surface area contributed by atoms with E-state index in [1.54, 1.807) is 16.7 Å². The molecule has 0 spiro atoms. The number of aliphatic hydroxyl groups excluding tert-OH is 1. The van der Waals surface area contributed by atoms with Crippen molar-refractivity contribution in [1.29, 1.82) is 0 Å². The summed E-state index contributed by atoms with van der Waals surface area (Å²) in [5, 5.41) is 10.8. The first-order chi connectivity index (χ1) is 13.8. The summed E-state index contributed by atoms with van der Waals surface area (Å²) in [6.45, 7) is 7.54. The molecule has 2 saturated heterocycles. The van der Waals surface area contributed by atoms with E-state index in [0.29, 0.717) is 22.3 Å². The number of rotatable bonds is 3. The molecule has 4 rings (SSSR count). The third kappa shape index (κ3) is 4.00. The van der Waals surface area contributed by atoms with Crippen LogP contribution >= 0.6 is 23.2 Å². The molecule has 2 fully saturated rings. The molecule has 2 aliphatic heterocycles. The molecular weight excluding hydrogens is 411 g/mol. The molecular formula is C21H28Cl2N4O2. The zero-order chi connectivity index (χ0) is 20.8. The minimum Gasteiger partial charge on any atom is -0.392 e. The van der Waals surface area contributed by atoms with Crippen LogP contribution in [0.2, 0.25) is 0 Å². The molecule has 158 valence electrons. The van der Waals surface area contributed by atoms with Gasteiger partial charge in [0.2, 0.25) is 0 Å². The van der Waals surface area contributed by atoms with Gasteiger partial charge in [-0.1, -0.05) is 29.3 Å². The Hall–Kier alpha value is -1.34. The van der Waals surface area contributed by atoms with Crippen LogP contribution in [0.3, 0.4) is 0 Å². The zero-order valence-corrected chi connectivity index (χ0v) is 18.5. The number of anilines is 1. The number of β-amino-alcohol motifs (C(OH)–C–C–N with tert-alkyl or cyclic N) is 1. The van der Waals surface area contributed by atoms with Crippen molar-refractivity contribution < 1.29 is 5.11 Å². The van der Waals surface area contributed by atoms with Gasteiger partial charge in [-0.2, -0.15) is 0 Å². The number of aromatic nitrogens is 2. The topological polar surface area (TPSA) is 61.6 Å². The minimum absolute atomic E-state index is 0.0987. The number of allylic oxidation sites excluding steroid dienone is 4. The van der Waals surface area contributed by atoms with Crippen molar-refractivity contribution >= 4 is 29.0 Å². The third-order valence-electron chi connectivity index (χ3n) is 6.66. The SMILES string of the molecule is Cc1nc(N2CCC(C)(N3CC[C@H](O)C3)CC2)cc(=O)n1[C@H]1CC=CC(Cl)=C1Cl. The molecule has 0 amide bonds. The van der Waals surface area contributed by atoms with E-state index in [1.807, 2.05) is 13.0 Å². The summed E-state index contributed by atoms with van der Waals surface area (Å²) in [6, 6.07) is 1.32. The van der Waals surface area contributed by atoms with Crippen molar-refractivity contribution in [1.82, 2.24) is 14.5 Å². The fourth-order valence-electron chi connectivity index (χ4n) is 4.76. The quantitative estimate of drug-likeness (QED) is 0.784. The number of halogens is 2. The van der Waals surface area contributed by atoms with Crippen LogP contribution in [-0.4, -0.2) is 57.4 Å². The van der Waals surface area contributed by atoms with Crippen LogP contribution in [0.5, 0.6) is 0 Å². The van der Waals surface area contributed by atoms with Crippen molar-refractivity contribution in [2.24, 2.45) is 0 Å². The molecule has 0 unspecified atom stereocenters. The summed E-state index contributed by atoms with van der Waals surface area (Å²) in [5.74, 6) is 1.37. The number of aliphatic hydroxyl groups is 1. The smallest absolute Gasteiger partial charge is 0.256 e. The molecule has 0 saturated carbocycles. The Labute approximate surface area is 181 Å². The normalized spacial score (nSPS) is 27.7. The maximum atomic E-state index is 12.9. The van der Waals surface area contributed by atoms with Crippen LogP contribution in [-0.2, 0) is 0 Å². The molecule has 3 heterocycles. The summed E-state index contributed by atoms with van der Waals surface area (Å²) >= 11 is 12.5. The van der Waals surface area contributed by atoms with Gasteiger partial charge in [-0.25, -0.2) is 4.98 Å². The Morgan fingerprint density at radius 3 is 2.59 bits per heavy atom. The number of hydrogen-bond donors (Lipinski definition) is 1. The van der Waals surface area contributed by atoms with Crippen LogP contribution in [0.1, 0.15) is 44.5 Å². The van der Waals surface area contributed by atoms with Crippen molar-refractivity contribution in [3.63, 3.8) is 0 Å². The maximum Gasteiger partial charge on any atom is 0.256 e. The second-order valence-electron chi connectivity index (χ2n) is 8.59. The van der Waals surface area contributed by atoms with E-state index in [9.17, 15) is 9.90 Å². The lowest BCUT2D eigenvalue weighted by molar-refractivity contribution is 0.0841. The van der Waals surface area contributed by atoms with Crippen molar-refractivity contribution in [2.75, 3.05) is 31.1 Å². The predicted octanol–water partition coefficient (Wildman–Crippen LogP) is 3.17. The van der Waals surface area contributed by atoms with Gasteiger partial charge in [0, 0.05) is 37.8 Å². The molecule has 1 aromatic heterocycles. The molecule has 29 heavy (non-hydrogen) atoms. The largest absolute Gasteiger partial charge is 0.392 e. The van der Waals surface area contributed by atoms with Crippen molar-refractivity contribution in [3.05, 3.63) is 44.5 Å². The van der Waals surface area contributed by atoms with E-state index in [-0.39, 0.29) is 23.2 Å². The molecule has 1 aliphatic carbocycles. The van der Waals surface area contributed by atoms with Crippen LogP contribution in [0, 0.1) is 6.92 Å². The molecule has 6 nitrogen and oxygen atoms in total. The van der Waals surface area contributed by atoms with Crippen molar-refractivity contribution in [2.45, 2.75) is 57.2 Å². The van der Waals surface area contributed by atoms with E-state index >= 15 is 0 Å². The van der Waals surface area contributed by atoms with Gasteiger partial charge in [0.15, 0.2) is 0 Å². The average molecular weight is 439 g/mol. The van der Waals surface area contributed by atoms with Gasteiger partial charge in [-0.3, -0.25) is 14.3 Å². The Bertz CT molecular complexity index is 902. The lowest BCUT2D eigenvalue weighted by atomic mass is 9.88. The molecule has 0 bridgehead atoms. The number of nitrogens with zero attached hydrogens (tertiary/aromatic N) is 4. The van der Waals surface area contributed by atoms with E-state index in [2.05, 4.69) is 16.7 Å². The van der Waals surface area contributed by atoms with Gasteiger partial charge in [0.1, 0.15) is 11.6 Å². The van der Waals surface area contributed by atoms with Gasteiger partial charge >= 0.3 is 0 Å². The highest BCUT2D eigenvalue weighted by Gasteiger charge is 2.39. The van der Waals surface area contributed by atoms with Gasteiger partial charge < -0.3 is 10.0 Å². The van der Waals surface area contributed by atoms with E-state index in [0.717, 1.165) is 51.3 Å². The average Bonchev–Trinajstić information content (AvgIpc) is 3.12. The zero-order valence-electron chi connectivity index (χ0n) is 16.9. The van der Waals surface area contributed by atoms with Crippen molar-refractivity contribution in [3.8, 4) is 0 Å². The number of likely N-dealkylation sites (tertiary alicyclic amines) is 1. The summed E-state index contributed by atoms with van der Waals surface area (Å²) in [5.41, 5.74) is -0.00645. The fraction of sp³-hybridized carbons (Fsp3) is 0.619. The van der Waals surface area contributed by atoms with Gasteiger partial charge in [-0.15, -0.1) is 0 Å². The number of aryl methyl sites for hydroxylation is 1. The molecule has 1 N–H and O–H groups in total. The summed E-state index contributed by atoms with van der Waals surface area (Å²) < 4.78 is 1.64. The Balaban J connectivity index is 1.51. The number of piperidine rings is 1. The Kier molecular flexibility index (Phi) is 5.81. The van der Waals surface area contributed by atoms with Gasteiger partial charge in [-0.05, 0) is 45.6 Å². The summed E-state index contributed by atoms with van der Waals surface area (Å²) in [4.78, 5) is 22.3. The first-order valence-electron chi connectivity index (χ1n) is 10.3. The highest BCUT2D eigenvalue weighted by molar-refractivity contribution is 6.40. The highest BCUT2D eigenvalue weighted by Crippen LogP contribution is 2.35. The lowest BCUT2D eigenvalue weighted by Gasteiger charge is -2.45. The van der Waals surface area contributed by atoms with Gasteiger partial charge in [0.05, 0.1) is 22.2 Å². The first kappa shape index (κ1) is 20.9. The predicted molar refractivity (Wildman–Crippen MR) is 117 cm³/mol. The molecule has 1 aromatic rings. The van der Waals surface area contributed by atoms with E-state index < -0.39 is 0 Å². The highest BCUT2D eigenvalue weighted by atomic mass is 35.5. The van der Waals surface area contributed by atoms with E-state index in [1.165, 1.54) is 0 Å². The first-order valence-corrected chi connectivity index (χ1v) is 11.0. The summed E-state index contributed by atoms with van der Waals surface area (Å²) in [7, 11) is 0. The Morgan fingerprint density at radius 1 is 1.24 bits per heavy atom. The van der Waals surface area contributed by atoms with E-state index in [4.69, 9.17) is 28.2 Å². The molecule has 3 aliphatic rings. The monoisotopic (exact) mass is 438 g/mol. The summed E-state index contributed by atoms with van der Waals surface area (Å²) in [6.07, 6.45) is 6.95.